The number of rotatable bonds is 3. The second-order valence-corrected chi connectivity index (χ2v) is 4.06. The third-order valence-electron chi connectivity index (χ3n) is 2.10. The van der Waals surface area contributed by atoms with Gasteiger partial charge in [-0.2, -0.15) is 5.10 Å². The first-order valence-electron chi connectivity index (χ1n) is 4.77. The van der Waals surface area contributed by atoms with E-state index in [0.717, 1.165) is 11.3 Å². The molecule has 0 aliphatic heterocycles. The molecule has 78 valence electrons. The number of aromatic nitrogens is 2. The van der Waals surface area contributed by atoms with Crippen LogP contribution in [0.15, 0.2) is 10.9 Å². The van der Waals surface area contributed by atoms with E-state index in [4.69, 9.17) is 0 Å². The molecule has 0 aliphatic rings. The van der Waals surface area contributed by atoms with Gasteiger partial charge in [-0.3, -0.25) is 4.79 Å². The summed E-state index contributed by atoms with van der Waals surface area (Å²) in [5, 5.41) is 4.87. The minimum atomic E-state index is 0.00813. The van der Waals surface area contributed by atoms with Crippen molar-refractivity contribution >= 4 is 15.9 Å². The molecule has 0 unspecified atom stereocenters. The fourth-order valence-electron chi connectivity index (χ4n) is 1.21. The molecule has 0 amide bonds. The van der Waals surface area contributed by atoms with E-state index in [1.807, 2.05) is 13.0 Å². The maximum atomic E-state index is 11.7. The van der Waals surface area contributed by atoms with E-state index >= 15 is 0 Å². The molecule has 0 radical (unpaired) electrons. The van der Waals surface area contributed by atoms with Gasteiger partial charge >= 0.3 is 0 Å². The fraction of sp³-hybridized carbons (Fsp3) is 0.600. The summed E-state index contributed by atoms with van der Waals surface area (Å²) in [7, 11) is 0. The summed E-state index contributed by atoms with van der Waals surface area (Å²) in [6, 6.07) is 1.88. The molecule has 0 aliphatic carbocycles. The predicted octanol–water partition coefficient (Wildman–Crippen LogP) is 2.28. The van der Waals surface area contributed by atoms with Crippen molar-refractivity contribution in [3.05, 3.63) is 27.7 Å². The summed E-state index contributed by atoms with van der Waals surface area (Å²) >= 11 is 3.31. The number of hydrogen-bond acceptors (Lipinski definition) is 2. The number of halogens is 1. The SMILES string of the molecule is CCn1nc(C(C)C)cc(CBr)c1=O. The molecule has 0 saturated heterocycles. The minimum absolute atomic E-state index is 0.00813. The second kappa shape index (κ2) is 4.73. The number of alkyl halides is 1. The van der Waals surface area contributed by atoms with Crippen LogP contribution in [0.2, 0.25) is 0 Å². The molecule has 0 bridgehead atoms. The Morgan fingerprint density at radius 2 is 2.21 bits per heavy atom. The normalized spacial score (nSPS) is 10.9. The van der Waals surface area contributed by atoms with Gasteiger partial charge in [0.25, 0.3) is 5.56 Å². The van der Waals surface area contributed by atoms with Crippen molar-refractivity contribution in [3.63, 3.8) is 0 Å². The van der Waals surface area contributed by atoms with E-state index in [0.29, 0.717) is 17.8 Å². The molecule has 1 heterocycles. The number of nitrogens with zero attached hydrogens (tertiary/aromatic N) is 2. The Kier molecular flexibility index (Phi) is 3.86. The van der Waals surface area contributed by atoms with Crippen molar-refractivity contribution in [2.75, 3.05) is 0 Å². The Hall–Kier alpha value is -0.640. The lowest BCUT2D eigenvalue weighted by Crippen LogP contribution is -2.26. The van der Waals surface area contributed by atoms with Crippen molar-refractivity contribution in [3.8, 4) is 0 Å². The first-order valence-corrected chi connectivity index (χ1v) is 5.89. The third-order valence-corrected chi connectivity index (χ3v) is 2.71. The fourth-order valence-corrected chi connectivity index (χ4v) is 1.61. The highest BCUT2D eigenvalue weighted by molar-refractivity contribution is 9.08. The Morgan fingerprint density at radius 3 is 2.64 bits per heavy atom. The van der Waals surface area contributed by atoms with Gasteiger partial charge in [-0.05, 0) is 18.9 Å². The van der Waals surface area contributed by atoms with E-state index in [1.54, 1.807) is 0 Å². The summed E-state index contributed by atoms with van der Waals surface area (Å²) in [5.74, 6) is 0.353. The predicted molar refractivity (Wildman–Crippen MR) is 60.9 cm³/mol. The van der Waals surface area contributed by atoms with Gasteiger partial charge in [-0.15, -0.1) is 0 Å². The zero-order valence-electron chi connectivity index (χ0n) is 8.75. The molecular formula is C10H15BrN2O. The van der Waals surface area contributed by atoms with E-state index < -0.39 is 0 Å². The molecule has 1 aromatic rings. The lowest BCUT2D eigenvalue weighted by Gasteiger charge is -2.09. The average molecular weight is 259 g/mol. The third kappa shape index (κ3) is 2.23. The quantitative estimate of drug-likeness (QED) is 0.780. The van der Waals surface area contributed by atoms with Crippen molar-refractivity contribution in [1.29, 1.82) is 0 Å². The maximum absolute atomic E-state index is 11.7. The van der Waals surface area contributed by atoms with Gasteiger partial charge in [0.15, 0.2) is 0 Å². The minimum Gasteiger partial charge on any atom is -0.267 e. The Balaban J connectivity index is 3.32. The molecule has 1 aromatic heterocycles. The average Bonchev–Trinajstić information content (AvgIpc) is 2.17. The number of hydrogen-bond donors (Lipinski definition) is 0. The van der Waals surface area contributed by atoms with Gasteiger partial charge in [0.2, 0.25) is 0 Å². The Labute approximate surface area is 92.3 Å². The summed E-state index contributed by atoms with van der Waals surface area (Å²) < 4.78 is 1.52. The van der Waals surface area contributed by atoms with Crippen LogP contribution in [0.3, 0.4) is 0 Å². The van der Waals surface area contributed by atoms with E-state index in [2.05, 4.69) is 34.9 Å². The van der Waals surface area contributed by atoms with Crippen LogP contribution >= 0.6 is 15.9 Å². The van der Waals surface area contributed by atoms with Crippen molar-refractivity contribution in [2.24, 2.45) is 0 Å². The molecule has 0 N–H and O–H groups in total. The second-order valence-electron chi connectivity index (χ2n) is 3.50. The van der Waals surface area contributed by atoms with Crippen LogP contribution in [-0.2, 0) is 11.9 Å². The van der Waals surface area contributed by atoms with Gasteiger partial charge in [0.05, 0.1) is 5.69 Å². The molecule has 0 spiro atoms. The van der Waals surface area contributed by atoms with Crippen molar-refractivity contribution < 1.29 is 0 Å². The van der Waals surface area contributed by atoms with Crippen LogP contribution in [0.5, 0.6) is 0 Å². The summed E-state index contributed by atoms with van der Waals surface area (Å²) in [4.78, 5) is 11.7. The largest absolute Gasteiger partial charge is 0.270 e. The van der Waals surface area contributed by atoms with Crippen LogP contribution in [0.1, 0.15) is 37.9 Å². The molecule has 1 rings (SSSR count). The molecule has 0 fully saturated rings. The summed E-state index contributed by atoms with van der Waals surface area (Å²) in [6.07, 6.45) is 0. The van der Waals surface area contributed by atoms with Gasteiger partial charge in [0.1, 0.15) is 0 Å². The molecule has 0 saturated carbocycles. The lowest BCUT2D eigenvalue weighted by atomic mass is 10.1. The van der Waals surface area contributed by atoms with Crippen molar-refractivity contribution in [2.45, 2.75) is 38.6 Å². The molecule has 14 heavy (non-hydrogen) atoms. The number of aryl methyl sites for hydroxylation is 1. The Bertz CT molecular complexity index is 343. The highest BCUT2D eigenvalue weighted by Gasteiger charge is 2.08. The van der Waals surface area contributed by atoms with Crippen LogP contribution < -0.4 is 5.56 Å². The summed E-state index contributed by atoms with van der Waals surface area (Å²) in [5.41, 5.74) is 1.76. The van der Waals surface area contributed by atoms with Crippen LogP contribution in [0, 0.1) is 0 Å². The molecule has 0 aromatic carbocycles. The van der Waals surface area contributed by atoms with Gasteiger partial charge < -0.3 is 0 Å². The van der Waals surface area contributed by atoms with Crippen LogP contribution in [0.25, 0.3) is 0 Å². The highest BCUT2D eigenvalue weighted by atomic mass is 79.9. The van der Waals surface area contributed by atoms with Gasteiger partial charge in [0, 0.05) is 17.4 Å². The van der Waals surface area contributed by atoms with Crippen LogP contribution in [-0.4, -0.2) is 9.78 Å². The molecule has 0 atom stereocenters. The van der Waals surface area contributed by atoms with Crippen molar-refractivity contribution in [1.82, 2.24) is 9.78 Å². The summed E-state index contributed by atoms with van der Waals surface area (Å²) in [6.45, 7) is 6.70. The standard InChI is InChI=1S/C10H15BrN2O/c1-4-13-10(14)8(6-11)5-9(12-13)7(2)3/h5,7H,4,6H2,1-3H3. The maximum Gasteiger partial charge on any atom is 0.270 e. The molecule has 3 nitrogen and oxygen atoms in total. The lowest BCUT2D eigenvalue weighted by molar-refractivity contribution is 0.581. The molecular weight excluding hydrogens is 244 g/mol. The first-order chi connectivity index (χ1) is 6.60. The zero-order chi connectivity index (χ0) is 10.7. The smallest absolute Gasteiger partial charge is 0.267 e. The zero-order valence-corrected chi connectivity index (χ0v) is 10.3. The van der Waals surface area contributed by atoms with E-state index in [1.165, 1.54) is 4.68 Å². The van der Waals surface area contributed by atoms with Gasteiger partial charge in [-0.25, -0.2) is 4.68 Å². The van der Waals surface area contributed by atoms with E-state index in [9.17, 15) is 4.79 Å². The topological polar surface area (TPSA) is 34.9 Å². The van der Waals surface area contributed by atoms with Crippen LogP contribution in [0.4, 0.5) is 0 Å². The first kappa shape index (κ1) is 11.4. The van der Waals surface area contributed by atoms with E-state index in [-0.39, 0.29) is 5.56 Å². The highest BCUT2D eigenvalue weighted by Crippen LogP contribution is 2.11. The monoisotopic (exact) mass is 258 g/mol. The Morgan fingerprint density at radius 1 is 1.57 bits per heavy atom. The molecule has 4 heteroatoms. The van der Waals surface area contributed by atoms with Gasteiger partial charge in [-0.1, -0.05) is 29.8 Å².